The lowest BCUT2D eigenvalue weighted by atomic mass is 9.77. The number of rotatable bonds is 6. The maximum Gasteiger partial charge on any atom is 0.133 e. The maximum atomic E-state index is 11.1. The number of nitrogens with one attached hydrogen (secondary N) is 1. The molecular formula is C21H19NO. The van der Waals surface area contributed by atoms with Gasteiger partial charge >= 0.3 is 0 Å². The van der Waals surface area contributed by atoms with E-state index in [1.807, 2.05) is 54.6 Å². The molecular weight excluding hydrogens is 282 g/mol. The Bertz CT molecular complexity index is 642. The third-order valence-electron chi connectivity index (χ3n) is 4.07. The number of hydrogen-bond donors (Lipinski definition) is 1. The van der Waals surface area contributed by atoms with Gasteiger partial charge < -0.3 is 4.79 Å². The van der Waals surface area contributed by atoms with Gasteiger partial charge in [0, 0.05) is 0 Å². The van der Waals surface area contributed by atoms with Crippen LogP contribution in [0.3, 0.4) is 0 Å². The molecule has 0 aliphatic rings. The summed E-state index contributed by atoms with van der Waals surface area (Å²) in [6, 6.07) is 30.7. The predicted molar refractivity (Wildman–Crippen MR) is 93.3 cm³/mol. The van der Waals surface area contributed by atoms with Crippen molar-refractivity contribution in [3.8, 4) is 0 Å². The van der Waals surface area contributed by atoms with Gasteiger partial charge in [-0.1, -0.05) is 91.0 Å². The fourth-order valence-corrected chi connectivity index (χ4v) is 3.07. The van der Waals surface area contributed by atoms with Gasteiger partial charge in [-0.2, -0.15) is 0 Å². The highest BCUT2D eigenvalue weighted by Crippen LogP contribution is 2.36. The lowest BCUT2D eigenvalue weighted by Gasteiger charge is -2.36. The Morgan fingerprint density at radius 2 is 1.00 bits per heavy atom. The molecule has 3 rings (SSSR count). The average molecular weight is 301 g/mol. The predicted octanol–water partition coefficient (Wildman–Crippen LogP) is 3.77. The van der Waals surface area contributed by atoms with Gasteiger partial charge in [0.05, 0.1) is 12.1 Å². The lowest BCUT2D eigenvalue weighted by Crippen LogP contribution is -2.45. The van der Waals surface area contributed by atoms with E-state index < -0.39 is 5.54 Å². The van der Waals surface area contributed by atoms with Gasteiger partial charge in [-0.3, -0.25) is 5.32 Å². The monoisotopic (exact) mass is 301 g/mol. The fourth-order valence-electron chi connectivity index (χ4n) is 3.07. The van der Waals surface area contributed by atoms with Gasteiger partial charge in [0.1, 0.15) is 6.29 Å². The van der Waals surface area contributed by atoms with Crippen LogP contribution in [0.15, 0.2) is 91.0 Å². The minimum Gasteiger partial charge on any atom is -0.302 e. The van der Waals surface area contributed by atoms with Crippen molar-refractivity contribution in [2.24, 2.45) is 0 Å². The first-order valence-electron chi connectivity index (χ1n) is 7.73. The van der Waals surface area contributed by atoms with Gasteiger partial charge in [-0.25, -0.2) is 0 Å². The van der Waals surface area contributed by atoms with E-state index >= 15 is 0 Å². The van der Waals surface area contributed by atoms with Crippen LogP contribution in [0.1, 0.15) is 16.7 Å². The summed E-state index contributed by atoms with van der Waals surface area (Å²) < 4.78 is 0. The SMILES string of the molecule is O=CCNC(c1ccccc1)(c1ccccc1)c1ccccc1. The van der Waals surface area contributed by atoms with Gasteiger partial charge in [0.2, 0.25) is 0 Å². The highest BCUT2D eigenvalue weighted by molar-refractivity contribution is 5.55. The molecule has 23 heavy (non-hydrogen) atoms. The summed E-state index contributed by atoms with van der Waals surface area (Å²) in [5.74, 6) is 0. The zero-order valence-electron chi connectivity index (χ0n) is 12.9. The van der Waals surface area contributed by atoms with Crippen LogP contribution in [-0.2, 0) is 10.3 Å². The molecule has 0 radical (unpaired) electrons. The molecule has 0 aliphatic carbocycles. The molecule has 0 saturated carbocycles. The number of aldehydes is 1. The Kier molecular flexibility index (Phi) is 4.65. The number of hydrogen-bond acceptors (Lipinski definition) is 2. The Labute approximate surface area is 136 Å². The minimum absolute atomic E-state index is 0.276. The van der Waals surface area contributed by atoms with Crippen molar-refractivity contribution >= 4 is 6.29 Å². The van der Waals surface area contributed by atoms with Crippen molar-refractivity contribution in [1.29, 1.82) is 0 Å². The normalized spacial score (nSPS) is 11.1. The largest absolute Gasteiger partial charge is 0.302 e. The number of carbonyl (C=O) groups is 1. The molecule has 1 N–H and O–H groups in total. The summed E-state index contributed by atoms with van der Waals surface area (Å²) in [6.07, 6.45) is 0.906. The zero-order valence-corrected chi connectivity index (χ0v) is 12.9. The van der Waals surface area contributed by atoms with Crippen LogP contribution in [-0.4, -0.2) is 12.8 Å². The van der Waals surface area contributed by atoms with E-state index in [9.17, 15) is 4.79 Å². The molecule has 114 valence electrons. The molecule has 0 saturated heterocycles. The van der Waals surface area contributed by atoms with Gasteiger partial charge in [-0.15, -0.1) is 0 Å². The van der Waals surface area contributed by atoms with E-state index in [1.54, 1.807) is 0 Å². The molecule has 2 nitrogen and oxygen atoms in total. The molecule has 0 aromatic heterocycles. The smallest absolute Gasteiger partial charge is 0.133 e. The molecule has 0 amide bonds. The number of carbonyl (C=O) groups excluding carboxylic acids is 1. The van der Waals surface area contributed by atoms with E-state index in [4.69, 9.17) is 0 Å². The van der Waals surface area contributed by atoms with Crippen molar-refractivity contribution in [3.05, 3.63) is 108 Å². The molecule has 3 aromatic carbocycles. The summed E-state index contributed by atoms with van der Waals surface area (Å²) in [5.41, 5.74) is 2.78. The molecule has 0 fully saturated rings. The minimum atomic E-state index is -0.551. The van der Waals surface area contributed by atoms with Crippen molar-refractivity contribution in [2.45, 2.75) is 5.54 Å². The van der Waals surface area contributed by atoms with Crippen LogP contribution in [0.4, 0.5) is 0 Å². The van der Waals surface area contributed by atoms with Crippen molar-refractivity contribution < 1.29 is 4.79 Å². The Morgan fingerprint density at radius 1 is 0.652 bits per heavy atom. The van der Waals surface area contributed by atoms with Crippen LogP contribution in [0, 0.1) is 0 Å². The van der Waals surface area contributed by atoms with Gasteiger partial charge in [0.15, 0.2) is 0 Å². The van der Waals surface area contributed by atoms with Crippen LogP contribution in [0.2, 0.25) is 0 Å². The Hall–Kier alpha value is -2.71. The fraction of sp³-hybridized carbons (Fsp3) is 0.0952. The topological polar surface area (TPSA) is 29.1 Å². The van der Waals surface area contributed by atoms with Crippen LogP contribution in [0.5, 0.6) is 0 Å². The molecule has 0 unspecified atom stereocenters. The van der Waals surface area contributed by atoms with Crippen molar-refractivity contribution in [1.82, 2.24) is 5.32 Å². The van der Waals surface area contributed by atoms with Gasteiger partial charge in [0.25, 0.3) is 0 Å². The van der Waals surface area contributed by atoms with E-state index in [0.717, 1.165) is 23.0 Å². The summed E-state index contributed by atoms with van der Waals surface area (Å²) in [5, 5.41) is 3.46. The van der Waals surface area contributed by atoms with E-state index in [0.29, 0.717) is 0 Å². The molecule has 3 aromatic rings. The standard InChI is InChI=1S/C21H19NO/c23-17-16-22-21(18-10-4-1-5-11-18,19-12-6-2-7-13-19)20-14-8-3-9-15-20/h1-15,17,22H,16H2. The maximum absolute atomic E-state index is 11.1. The third kappa shape index (κ3) is 2.94. The Balaban J connectivity index is 2.27. The molecule has 0 spiro atoms. The first kappa shape index (κ1) is 15.2. The first-order valence-corrected chi connectivity index (χ1v) is 7.73. The second-order valence-corrected chi connectivity index (χ2v) is 5.40. The quantitative estimate of drug-likeness (QED) is 0.555. The van der Waals surface area contributed by atoms with Crippen LogP contribution in [0.25, 0.3) is 0 Å². The zero-order chi connectivity index (χ0) is 16.0. The second kappa shape index (κ2) is 7.03. The molecule has 0 atom stereocenters. The highest BCUT2D eigenvalue weighted by Gasteiger charge is 2.35. The summed E-state index contributed by atoms with van der Waals surface area (Å²) >= 11 is 0. The van der Waals surface area contributed by atoms with E-state index in [1.165, 1.54) is 0 Å². The van der Waals surface area contributed by atoms with E-state index in [-0.39, 0.29) is 6.54 Å². The first-order chi connectivity index (χ1) is 11.4. The van der Waals surface area contributed by atoms with Gasteiger partial charge in [-0.05, 0) is 16.7 Å². The summed E-state index contributed by atoms with van der Waals surface area (Å²) in [7, 11) is 0. The van der Waals surface area contributed by atoms with Crippen molar-refractivity contribution in [2.75, 3.05) is 6.54 Å². The molecule has 0 bridgehead atoms. The summed E-state index contributed by atoms with van der Waals surface area (Å²) in [6.45, 7) is 0.276. The average Bonchev–Trinajstić information content (AvgIpc) is 2.65. The number of benzene rings is 3. The van der Waals surface area contributed by atoms with Crippen LogP contribution < -0.4 is 5.32 Å². The Morgan fingerprint density at radius 3 is 1.30 bits per heavy atom. The van der Waals surface area contributed by atoms with Crippen LogP contribution >= 0.6 is 0 Å². The lowest BCUT2D eigenvalue weighted by molar-refractivity contribution is -0.107. The van der Waals surface area contributed by atoms with E-state index in [2.05, 4.69) is 41.7 Å². The third-order valence-corrected chi connectivity index (χ3v) is 4.07. The molecule has 0 aliphatic heterocycles. The van der Waals surface area contributed by atoms with Crippen molar-refractivity contribution in [3.63, 3.8) is 0 Å². The molecule has 0 heterocycles. The second-order valence-electron chi connectivity index (χ2n) is 5.40. The summed E-state index contributed by atoms with van der Waals surface area (Å²) in [4.78, 5) is 11.1. The molecule has 2 heteroatoms. The highest BCUT2D eigenvalue weighted by atomic mass is 16.1.